The molecule has 0 unspecified atom stereocenters. The van der Waals surface area contributed by atoms with E-state index in [1.165, 1.54) is 12.1 Å². The van der Waals surface area contributed by atoms with E-state index in [1.807, 2.05) is 18.2 Å². The number of hydrogen-bond acceptors (Lipinski definition) is 5. The fourth-order valence-corrected chi connectivity index (χ4v) is 3.78. The van der Waals surface area contributed by atoms with Crippen molar-refractivity contribution in [3.63, 3.8) is 0 Å². The molecule has 2 atom stereocenters. The normalized spacial score (nSPS) is 21.7. The van der Waals surface area contributed by atoms with Gasteiger partial charge in [0.1, 0.15) is 11.2 Å². The summed E-state index contributed by atoms with van der Waals surface area (Å²) in [5.41, 5.74) is 1.70. The summed E-state index contributed by atoms with van der Waals surface area (Å²) in [7, 11) is 0. The summed E-state index contributed by atoms with van der Waals surface area (Å²) in [6.07, 6.45) is 1.28. The molecular formula is C19H18ClN3O4. The summed E-state index contributed by atoms with van der Waals surface area (Å²) >= 11 is 5.95. The predicted molar refractivity (Wildman–Crippen MR) is 101 cm³/mol. The summed E-state index contributed by atoms with van der Waals surface area (Å²) in [5, 5.41) is 14.7. The van der Waals surface area contributed by atoms with Gasteiger partial charge in [-0.25, -0.2) is 0 Å². The van der Waals surface area contributed by atoms with Gasteiger partial charge in [0.25, 0.3) is 11.6 Å². The first-order valence-corrected chi connectivity index (χ1v) is 9.14. The van der Waals surface area contributed by atoms with Crippen molar-refractivity contribution in [1.82, 2.24) is 4.90 Å². The maximum Gasteiger partial charge on any atom is 0.288 e. The van der Waals surface area contributed by atoms with Crippen LogP contribution < -0.4 is 5.32 Å². The highest BCUT2D eigenvalue weighted by Gasteiger charge is 2.35. The molecule has 1 fully saturated rings. The third-order valence-corrected chi connectivity index (χ3v) is 5.25. The van der Waals surface area contributed by atoms with E-state index in [9.17, 15) is 14.9 Å². The van der Waals surface area contributed by atoms with Crippen LogP contribution >= 0.6 is 11.6 Å². The molecule has 0 saturated carbocycles. The van der Waals surface area contributed by atoms with Gasteiger partial charge in [-0.15, -0.1) is 0 Å². The largest absolute Gasteiger partial charge is 0.376 e. The van der Waals surface area contributed by atoms with E-state index in [2.05, 4.69) is 5.32 Å². The Morgan fingerprint density at radius 3 is 2.85 bits per heavy atom. The summed E-state index contributed by atoms with van der Waals surface area (Å²) in [6.45, 7) is 1.11. The minimum absolute atomic E-state index is 0.0363. The van der Waals surface area contributed by atoms with Crippen molar-refractivity contribution >= 4 is 28.9 Å². The van der Waals surface area contributed by atoms with Crippen LogP contribution in [0.5, 0.6) is 0 Å². The topological polar surface area (TPSA) is 84.7 Å². The number of nitro groups is 1. The Balaban J connectivity index is 1.74. The lowest BCUT2D eigenvalue weighted by molar-refractivity contribution is -0.384. The zero-order chi connectivity index (χ0) is 19.0. The molecule has 4 rings (SSSR count). The number of hydrogen-bond donors (Lipinski definition) is 1. The van der Waals surface area contributed by atoms with Crippen LogP contribution in [0.15, 0.2) is 42.5 Å². The third kappa shape index (κ3) is 3.36. The average molecular weight is 388 g/mol. The Labute approximate surface area is 161 Å². The lowest BCUT2D eigenvalue weighted by atomic mass is 10.0. The summed E-state index contributed by atoms with van der Waals surface area (Å²) in [6, 6.07) is 11.9. The first-order chi connectivity index (χ1) is 13.0. The molecule has 0 radical (unpaired) electrons. The van der Waals surface area contributed by atoms with Crippen molar-refractivity contribution in [2.75, 3.05) is 18.5 Å². The number of para-hydroxylation sites is 1. The summed E-state index contributed by atoms with van der Waals surface area (Å²) < 4.78 is 5.71. The van der Waals surface area contributed by atoms with Gasteiger partial charge in [-0.2, -0.15) is 0 Å². The van der Waals surface area contributed by atoms with E-state index in [1.54, 1.807) is 17.0 Å². The van der Waals surface area contributed by atoms with Gasteiger partial charge in [-0.3, -0.25) is 14.9 Å². The van der Waals surface area contributed by atoms with Crippen molar-refractivity contribution < 1.29 is 14.5 Å². The molecule has 140 valence electrons. The van der Waals surface area contributed by atoms with Crippen LogP contribution in [0.4, 0.5) is 11.4 Å². The number of carbonyl (C=O) groups is 1. The minimum Gasteiger partial charge on any atom is -0.376 e. The zero-order valence-electron chi connectivity index (χ0n) is 14.4. The van der Waals surface area contributed by atoms with Crippen LogP contribution in [0.2, 0.25) is 5.02 Å². The molecule has 2 aromatic carbocycles. The Bertz CT molecular complexity index is 898. The standard InChI is InChI=1S/C19H18ClN3O4/c20-15-8-7-12(10-17(15)23(25)26)18-21-16-6-2-1-5-14(16)19(24)22(18)11-13-4-3-9-27-13/h1-2,5-8,10,13,18,21H,3-4,9,11H2/t13-,18+/m0/s1. The van der Waals surface area contributed by atoms with E-state index in [0.717, 1.165) is 12.8 Å². The van der Waals surface area contributed by atoms with Gasteiger partial charge >= 0.3 is 0 Å². The minimum atomic E-state index is -0.535. The van der Waals surface area contributed by atoms with E-state index < -0.39 is 11.1 Å². The molecule has 1 N–H and O–H groups in total. The predicted octanol–water partition coefficient (Wildman–Crippen LogP) is 3.99. The van der Waals surface area contributed by atoms with E-state index in [4.69, 9.17) is 16.3 Å². The Hall–Kier alpha value is -2.64. The van der Waals surface area contributed by atoms with Crippen molar-refractivity contribution in [2.24, 2.45) is 0 Å². The van der Waals surface area contributed by atoms with Crippen molar-refractivity contribution in [1.29, 1.82) is 0 Å². The molecule has 1 amide bonds. The van der Waals surface area contributed by atoms with Gasteiger partial charge in [0.15, 0.2) is 0 Å². The van der Waals surface area contributed by atoms with Crippen molar-refractivity contribution in [3.8, 4) is 0 Å². The first-order valence-electron chi connectivity index (χ1n) is 8.76. The van der Waals surface area contributed by atoms with Crippen molar-refractivity contribution in [2.45, 2.75) is 25.1 Å². The number of benzene rings is 2. The number of halogens is 1. The van der Waals surface area contributed by atoms with Crippen LogP contribution in [0.1, 0.15) is 34.9 Å². The van der Waals surface area contributed by atoms with Gasteiger partial charge < -0.3 is 15.0 Å². The lowest BCUT2D eigenvalue weighted by Gasteiger charge is -2.39. The zero-order valence-corrected chi connectivity index (χ0v) is 15.2. The Morgan fingerprint density at radius 2 is 2.11 bits per heavy atom. The maximum absolute atomic E-state index is 13.1. The molecule has 2 aliphatic rings. The molecule has 2 aliphatic heterocycles. The van der Waals surface area contributed by atoms with Crippen LogP contribution in [-0.2, 0) is 4.74 Å². The highest BCUT2D eigenvalue weighted by molar-refractivity contribution is 6.32. The molecule has 7 nitrogen and oxygen atoms in total. The van der Waals surface area contributed by atoms with Crippen LogP contribution in [0.25, 0.3) is 0 Å². The van der Waals surface area contributed by atoms with Crippen LogP contribution in [0, 0.1) is 10.1 Å². The summed E-state index contributed by atoms with van der Waals surface area (Å²) in [4.78, 5) is 25.6. The Kier molecular flexibility index (Phi) is 4.72. The van der Waals surface area contributed by atoms with E-state index >= 15 is 0 Å². The Morgan fingerprint density at radius 1 is 1.30 bits per heavy atom. The molecule has 0 aromatic heterocycles. The van der Waals surface area contributed by atoms with E-state index in [0.29, 0.717) is 30.0 Å². The second-order valence-electron chi connectivity index (χ2n) is 6.65. The number of nitrogens with one attached hydrogen (secondary N) is 1. The number of ether oxygens (including phenoxy) is 1. The number of carbonyl (C=O) groups excluding carboxylic acids is 1. The van der Waals surface area contributed by atoms with Crippen molar-refractivity contribution in [3.05, 3.63) is 68.7 Å². The number of nitro benzene ring substituents is 1. The number of rotatable bonds is 4. The molecule has 2 heterocycles. The van der Waals surface area contributed by atoms with Gasteiger partial charge in [0.2, 0.25) is 0 Å². The lowest BCUT2D eigenvalue weighted by Crippen LogP contribution is -2.46. The third-order valence-electron chi connectivity index (χ3n) is 4.93. The second-order valence-corrected chi connectivity index (χ2v) is 7.06. The monoisotopic (exact) mass is 387 g/mol. The fourth-order valence-electron chi connectivity index (χ4n) is 3.59. The highest BCUT2D eigenvalue weighted by atomic mass is 35.5. The highest BCUT2D eigenvalue weighted by Crippen LogP contribution is 2.36. The first kappa shape index (κ1) is 17.8. The molecule has 0 aliphatic carbocycles. The molecule has 2 aromatic rings. The van der Waals surface area contributed by atoms with Gasteiger partial charge in [-0.05, 0) is 31.0 Å². The molecule has 8 heteroatoms. The SMILES string of the molecule is O=C1c2ccccc2N[C@@H](c2ccc(Cl)c([N+](=O)[O-])c2)N1C[C@@H]1CCCO1. The van der Waals surface area contributed by atoms with Crippen LogP contribution in [0.3, 0.4) is 0 Å². The average Bonchev–Trinajstić information content (AvgIpc) is 3.17. The number of fused-ring (bicyclic) bond motifs is 1. The molecular weight excluding hydrogens is 370 g/mol. The van der Waals surface area contributed by atoms with E-state index in [-0.39, 0.29) is 22.7 Å². The van der Waals surface area contributed by atoms with Gasteiger partial charge in [0, 0.05) is 30.5 Å². The molecule has 1 saturated heterocycles. The number of amides is 1. The van der Waals surface area contributed by atoms with Crippen LogP contribution in [-0.4, -0.2) is 35.0 Å². The quantitative estimate of drug-likeness (QED) is 0.633. The second kappa shape index (κ2) is 7.17. The number of anilines is 1. The smallest absolute Gasteiger partial charge is 0.288 e. The number of nitrogens with zero attached hydrogens (tertiary/aromatic N) is 2. The fraction of sp³-hybridized carbons (Fsp3) is 0.316. The summed E-state index contributed by atoms with van der Waals surface area (Å²) in [5.74, 6) is -0.123. The maximum atomic E-state index is 13.1. The molecule has 0 bridgehead atoms. The molecule has 27 heavy (non-hydrogen) atoms. The van der Waals surface area contributed by atoms with Gasteiger partial charge in [-0.1, -0.05) is 29.8 Å². The van der Waals surface area contributed by atoms with Gasteiger partial charge in [0.05, 0.1) is 16.6 Å². The molecule has 0 spiro atoms.